The first kappa shape index (κ1) is 11.7. The first-order chi connectivity index (χ1) is 7.43. The van der Waals surface area contributed by atoms with Crippen molar-refractivity contribution in [1.82, 2.24) is 10.6 Å². The Labute approximate surface area is 102 Å². The van der Waals surface area contributed by atoms with E-state index in [4.69, 9.17) is 4.74 Å². The Hall–Kier alpha value is -0.770. The lowest BCUT2D eigenvalue weighted by atomic mass is 10.0. The minimum absolute atomic E-state index is 0. The van der Waals surface area contributed by atoms with Crippen LogP contribution in [0.2, 0.25) is 0 Å². The van der Waals surface area contributed by atoms with Crippen molar-refractivity contribution >= 4 is 12.4 Å². The highest BCUT2D eigenvalue weighted by Gasteiger charge is 2.18. The maximum Gasteiger partial charge on any atom is 0.122 e. The van der Waals surface area contributed by atoms with E-state index in [1.165, 1.54) is 11.1 Å². The highest BCUT2D eigenvalue weighted by atomic mass is 35.5. The third-order valence-corrected chi connectivity index (χ3v) is 3.16. The van der Waals surface area contributed by atoms with Crippen LogP contribution < -0.4 is 15.4 Å². The molecule has 1 aromatic carbocycles. The van der Waals surface area contributed by atoms with Gasteiger partial charge in [-0.05, 0) is 17.2 Å². The van der Waals surface area contributed by atoms with Crippen molar-refractivity contribution in [1.29, 1.82) is 0 Å². The van der Waals surface area contributed by atoms with Crippen LogP contribution in [0.5, 0.6) is 5.75 Å². The highest BCUT2D eigenvalue weighted by Crippen LogP contribution is 2.28. The van der Waals surface area contributed by atoms with Crippen LogP contribution in [-0.2, 0) is 6.42 Å². The molecule has 0 aliphatic carbocycles. The second-order valence-electron chi connectivity index (χ2n) is 4.18. The Morgan fingerprint density at radius 2 is 2.19 bits per heavy atom. The van der Waals surface area contributed by atoms with Crippen LogP contribution >= 0.6 is 12.4 Å². The van der Waals surface area contributed by atoms with E-state index in [2.05, 4.69) is 28.8 Å². The molecule has 0 spiro atoms. The quantitative estimate of drug-likeness (QED) is 0.776. The van der Waals surface area contributed by atoms with Gasteiger partial charge >= 0.3 is 0 Å². The molecule has 0 bridgehead atoms. The Kier molecular flexibility index (Phi) is 3.69. The van der Waals surface area contributed by atoms with Crippen LogP contribution in [0.15, 0.2) is 18.2 Å². The lowest BCUT2D eigenvalue weighted by molar-refractivity contribution is 0.356. The normalized spacial score (nSPS) is 23.1. The number of halogens is 1. The molecule has 3 nitrogen and oxygen atoms in total. The zero-order valence-electron chi connectivity index (χ0n) is 9.16. The predicted molar refractivity (Wildman–Crippen MR) is 66.5 cm³/mol. The Balaban J connectivity index is 0.000000963. The van der Waals surface area contributed by atoms with Gasteiger partial charge in [-0.3, -0.25) is 0 Å². The lowest BCUT2D eigenvalue weighted by Crippen LogP contribution is -2.42. The Bertz CT molecular complexity index is 364. The molecule has 88 valence electrons. The summed E-state index contributed by atoms with van der Waals surface area (Å²) in [6.07, 6.45) is 1.06. The summed E-state index contributed by atoms with van der Waals surface area (Å²) >= 11 is 0. The van der Waals surface area contributed by atoms with Gasteiger partial charge in [0.15, 0.2) is 0 Å². The summed E-state index contributed by atoms with van der Waals surface area (Å²) in [5.74, 6) is 1.07. The number of fused-ring (bicyclic) bond motifs is 1. The van der Waals surface area contributed by atoms with Crippen molar-refractivity contribution in [2.24, 2.45) is 0 Å². The fourth-order valence-electron chi connectivity index (χ4n) is 2.31. The highest BCUT2D eigenvalue weighted by molar-refractivity contribution is 5.85. The molecule has 1 saturated heterocycles. The standard InChI is InChI=1S/C12H16N2O.ClH/c1-2-12-10(3-6-15-12)7-9(1)11-8-13-4-5-14-11;/h1-2,7,11,13-14H,3-6,8H2;1H/t11-;/m0./s1. The maximum atomic E-state index is 5.50. The van der Waals surface area contributed by atoms with E-state index in [1.54, 1.807) is 0 Å². The number of ether oxygens (including phenoxy) is 1. The van der Waals surface area contributed by atoms with E-state index in [1.807, 2.05) is 0 Å². The van der Waals surface area contributed by atoms with Gasteiger partial charge in [-0.1, -0.05) is 12.1 Å². The molecule has 0 radical (unpaired) electrons. The smallest absolute Gasteiger partial charge is 0.122 e. The molecule has 2 N–H and O–H groups in total. The number of rotatable bonds is 1. The second kappa shape index (κ2) is 5.04. The predicted octanol–water partition coefficient (Wildman–Crippen LogP) is 1.28. The zero-order chi connectivity index (χ0) is 10.1. The van der Waals surface area contributed by atoms with Gasteiger partial charge in [-0.15, -0.1) is 12.4 Å². The van der Waals surface area contributed by atoms with Crippen LogP contribution in [0, 0.1) is 0 Å². The van der Waals surface area contributed by atoms with Gasteiger partial charge in [0.25, 0.3) is 0 Å². The summed E-state index contributed by atoms with van der Waals surface area (Å²) in [6.45, 7) is 4.00. The first-order valence-corrected chi connectivity index (χ1v) is 5.63. The molecule has 1 atom stereocenters. The largest absolute Gasteiger partial charge is 0.493 e. The molecule has 16 heavy (non-hydrogen) atoms. The SMILES string of the molecule is Cl.c1cc2c(cc1[C@@H]1CNCCN1)CCO2. The van der Waals surface area contributed by atoms with E-state index in [9.17, 15) is 0 Å². The van der Waals surface area contributed by atoms with Crippen LogP contribution in [0.1, 0.15) is 17.2 Å². The Morgan fingerprint density at radius 1 is 1.25 bits per heavy atom. The Morgan fingerprint density at radius 3 is 3.00 bits per heavy atom. The molecule has 2 aliphatic rings. The fourth-order valence-corrected chi connectivity index (χ4v) is 2.31. The number of piperazine rings is 1. The summed E-state index contributed by atoms with van der Waals surface area (Å²) in [5, 5.41) is 6.93. The molecule has 4 heteroatoms. The van der Waals surface area contributed by atoms with Gasteiger partial charge in [0.2, 0.25) is 0 Å². The minimum Gasteiger partial charge on any atom is -0.493 e. The summed E-state index contributed by atoms with van der Waals surface area (Å²) in [4.78, 5) is 0. The molecule has 2 heterocycles. The van der Waals surface area contributed by atoms with Gasteiger partial charge < -0.3 is 15.4 Å². The van der Waals surface area contributed by atoms with Crippen molar-refractivity contribution in [3.63, 3.8) is 0 Å². The third kappa shape index (κ3) is 2.17. The first-order valence-electron chi connectivity index (χ1n) is 5.63. The molecule has 0 unspecified atom stereocenters. The van der Waals surface area contributed by atoms with E-state index in [-0.39, 0.29) is 12.4 Å². The molecule has 1 aromatic rings. The monoisotopic (exact) mass is 240 g/mol. The van der Waals surface area contributed by atoms with E-state index in [0.717, 1.165) is 38.4 Å². The lowest BCUT2D eigenvalue weighted by Gasteiger charge is -2.25. The summed E-state index contributed by atoms with van der Waals surface area (Å²) in [7, 11) is 0. The molecule has 1 fully saturated rings. The summed E-state index contributed by atoms with van der Waals surface area (Å²) < 4.78 is 5.50. The third-order valence-electron chi connectivity index (χ3n) is 3.16. The number of benzene rings is 1. The molecule has 0 amide bonds. The van der Waals surface area contributed by atoms with Crippen LogP contribution in [0.4, 0.5) is 0 Å². The average molecular weight is 241 g/mol. The van der Waals surface area contributed by atoms with Crippen molar-refractivity contribution in [2.75, 3.05) is 26.2 Å². The van der Waals surface area contributed by atoms with Gasteiger partial charge in [0, 0.05) is 32.1 Å². The van der Waals surface area contributed by atoms with Gasteiger partial charge in [-0.2, -0.15) is 0 Å². The number of hydrogen-bond donors (Lipinski definition) is 2. The van der Waals surface area contributed by atoms with Crippen LogP contribution in [-0.4, -0.2) is 26.2 Å². The number of hydrogen-bond acceptors (Lipinski definition) is 3. The summed E-state index contributed by atoms with van der Waals surface area (Å²) in [5.41, 5.74) is 2.74. The fraction of sp³-hybridized carbons (Fsp3) is 0.500. The molecule has 2 aliphatic heterocycles. The minimum atomic E-state index is 0. The van der Waals surface area contributed by atoms with Gasteiger partial charge in [-0.25, -0.2) is 0 Å². The molecular formula is C12H17ClN2O. The second-order valence-corrected chi connectivity index (χ2v) is 4.18. The molecular weight excluding hydrogens is 224 g/mol. The van der Waals surface area contributed by atoms with E-state index < -0.39 is 0 Å². The number of nitrogens with one attached hydrogen (secondary N) is 2. The summed E-state index contributed by atoms with van der Waals surface area (Å²) in [6, 6.07) is 7.03. The van der Waals surface area contributed by atoms with E-state index in [0.29, 0.717) is 6.04 Å². The van der Waals surface area contributed by atoms with Crippen molar-refractivity contribution in [2.45, 2.75) is 12.5 Å². The van der Waals surface area contributed by atoms with Crippen molar-refractivity contribution in [3.8, 4) is 5.75 Å². The maximum absolute atomic E-state index is 5.50. The topological polar surface area (TPSA) is 33.3 Å². The van der Waals surface area contributed by atoms with Crippen LogP contribution in [0.25, 0.3) is 0 Å². The van der Waals surface area contributed by atoms with Crippen LogP contribution in [0.3, 0.4) is 0 Å². The zero-order valence-corrected chi connectivity index (χ0v) is 9.98. The molecule has 0 aromatic heterocycles. The van der Waals surface area contributed by atoms with Gasteiger partial charge in [0.05, 0.1) is 6.61 Å². The molecule has 3 rings (SSSR count). The van der Waals surface area contributed by atoms with E-state index >= 15 is 0 Å². The van der Waals surface area contributed by atoms with Crippen molar-refractivity contribution < 1.29 is 4.74 Å². The van der Waals surface area contributed by atoms with Gasteiger partial charge in [0.1, 0.15) is 5.75 Å². The molecule has 0 saturated carbocycles. The average Bonchev–Trinajstić information content (AvgIpc) is 2.77. The van der Waals surface area contributed by atoms with Crippen molar-refractivity contribution in [3.05, 3.63) is 29.3 Å².